The third kappa shape index (κ3) is 3.75. The minimum atomic E-state index is -0.351. The molecule has 1 aliphatic heterocycles. The van der Waals surface area contributed by atoms with Crippen LogP contribution in [0.2, 0.25) is 5.28 Å². The zero-order chi connectivity index (χ0) is 18.8. The van der Waals surface area contributed by atoms with Crippen molar-refractivity contribution in [1.29, 1.82) is 0 Å². The highest BCUT2D eigenvalue weighted by Crippen LogP contribution is 2.30. The molecule has 2 aromatic heterocycles. The Kier molecular flexibility index (Phi) is 4.72. The second-order valence-electron chi connectivity index (χ2n) is 6.12. The zero-order valence-electron chi connectivity index (χ0n) is 14.5. The van der Waals surface area contributed by atoms with E-state index in [2.05, 4.69) is 15.3 Å². The minimum Gasteiger partial charge on any atom is -0.487 e. The maximum absolute atomic E-state index is 11.5. The molecule has 1 N–H and O–H groups in total. The van der Waals surface area contributed by atoms with E-state index in [1.165, 1.54) is 4.90 Å². The average molecular weight is 389 g/mol. The Labute approximate surface area is 160 Å². The highest BCUT2D eigenvalue weighted by atomic mass is 35.5. The summed E-state index contributed by atoms with van der Waals surface area (Å²) in [5, 5.41) is 4.08. The molecule has 140 valence electrons. The summed E-state index contributed by atoms with van der Waals surface area (Å²) >= 11 is 6.10. The van der Waals surface area contributed by atoms with Crippen LogP contribution < -0.4 is 10.1 Å². The number of nitrogens with one attached hydrogen (secondary N) is 1. The van der Waals surface area contributed by atoms with Crippen LogP contribution in [0.25, 0.3) is 10.9 Å². The van der Waals surface area contributed by atoms with Crippen LogP contribution in [0, 0.1) is 0 Å². The molecule has 3 aromatic rings. The SMILES string of the molecule is CN1CC(COc2cccc3c(NCc4ccco4)nc(Cl)nc23)OC1=O. The number of cyclic esters (lactones) is 1. The highest BCUT2D eigenvalue weighted by Gasteiger charge is 2.28. The predicted molar refractivity (Wildman–Crippen MR) is 99.0 cm³/mol. The number of fused-ring (bicyclic) bond motifs is 1. The van der Waals surface area contributed by atoms with Crippen molar-refractivity contribution in [2.45, 2.75) is 12.6 Å². The smallest absolute Gasteiger partial charge is 0.410 e. The van der Waals surface area contributed by atoms with E-state index in [1.54, 1.807) is 19.4 Å². The third-order valence-corrected chi connectivity index (χ3v) is 4.32. The van der Waals surface area contributed by atoms with Crippen molar-refractivity contribution >= 4 is 34.4 Å². The van der Waals surface area contributed by atoms with E-state index in [1.807, 2.05) is 24.3 Å². The van der Waals surface area contributed by atoms with Gasteiger partial charge in [-0.2, -0.15) is 0 Å². The number of carbonyl (C=O) groups excluding carboxylic acids is 1. The fourth-order valence-corrected chi connectivity index (χ4v) is 3.02. The van der Waals surface area contributed by atoms with Gasteiger partial charge >= 0.3 is 6.09 Å². The first-order valence-electron chi connectivity index (χ1n) is 8.37. The van der Waals surface area contributed by atoms with Gasteiger partial charge in [-0.15, -0.1) is 0 Å². The summed E-state index contributed by atoms with van der Waals surface area (Å²) in [6.07, 6.45) is 0.935. The number of ether oxygens (including phenoxy) is 2. The number of amides is 1. The molecular weight excluding hydrogens is 372 g/mol. The molecule has 1 aromatic carbocycles. The van der Waals surface area contributed by atoms with Crippen molar-refractivity contribution in [3.63, 3.8) is 0 Å². The summed E-state index contributed by atoms with van der Waals surface area (Å²) in [6, 6.07) is 9.21. The molecule has 0 spiro atoms. The zero-order valence-corrected chi connectivity index (χ0v) is 15.3. The molecule has 1 fully saturated rings. The number of hydrogen-bond donors (Lipinski definition) is 1. The predicted octanol–water partition coefficient (Wildman–Crippen LogP) is 3.32. The lowest BCUT2D eigenvalue weighted by atomic mass is 10.2. The maximum Gasteiger partial charge on any atom is 0.410 e. The second-order valence-corrected chi connectivity index (χ2v) is 6.46. The summed E-state index contributed by atoms with van der Waals surface area (Å²) in [6.45, 7) is 1.17. The molecule has 4 rings (SSSR count). The van der Waals surface area contributed by atoms with E-state index >= 15 is 0 Å². The first kappa shape index (κ1) is 17.4. The molecule has 1 unspecified atom stereocenters. The summed E-state index contributed by atoms with van der Waals surface area (Å²) in [4.78, 5) is 21.5. The van der Waals surface area contributed by atoms with E-state index in [9.17, 15) is 4.79 Å². The normalized spacial score (nSPS) is 16.6. The van der Waals surface area contributed by atoms with E-state index in [-0.39, 0.29) is 24.1 Å². The van der Waals surface area contributed by atoms with Gasteiger partial charge in [-0.1, -0.05) is 6.07 Å². The van der Waals surface area contributed by atoms with Crippen LogP contribution in [0.4, 0.5) is 10.6 Å². The molecule has 27 heavy (non-hydrogen) atoms. The molecule has 1 aliphatic rings. The monoisotopic (exact) mass is 388 g/mol. The Morgan fingerprint density at radius 2 is 2.22 bits per heavy atom. The Hall–Kier alpha value is -3.00. The third-order valence-electron chi connectivity index (χ3n) is 4.15. The number of nitrogens with zero attached hydrogens (tertiary/aromatic N) is 3. The average Bonchev–Trinajstić information content (AvgIpc) is 3.28. The largest absolute Gasteiger partial charge is 0.487 e. The lowest BCUT2D eigenvalue weighted by molar-refractivity contribution is 0.104. The molecule has 0 radical (unpaired) electrons. The molecule has 3 heterocycles. The van der Waals surface area contributed by atoms with Crippen LogP contribution >= 0.6 is 11.6 Å². The molecule has 8 nitrogen and oxygen atoms in total. The van der Waals surface area contributed by atoms with E-state index in [0.717, 1.165) is 11.1 Å². The van der Waals surface area contributed by atoms with Crippen molar-refractivity contribution < 1.29 is 18.7 Å². The molecular formula is C18H17ClN4O4. The maximum atomic E-state index is 11.5. The molecule has 0 saturated carbocycles. The van der Waals surface area contributed by atoms with Gasteiger partial charge in [0.05, 0.1) is 19.4 Å². The number of carbonyl (C=O) groups is 1. The fourth-order valence-electron chi connectivity index (χ4n) is 2.85. The van der Waals surface area contributed by atoms with Crippen molar-refractivity contribution in [2.75, 3.05) is 25.5 Å². The summed E-state index contributed by atoms with van der Waals surface area (Å²) in [5.74, 6) is 1.90. The number of halogens is 1. The van der Waals surface area contributed by atoms with Crippen molar-refractivity contribution in [3.05, 3.63) is 47.6 Å². The minimum absolute atomic E-state index is 0.104. The van der Waals surface area contributed by atoms with Gasteiger partial charge in [0.1, 0.15) is 29.5 Å². The number of anilines is 1. The van der Waals surface area contributed by atoms with E-state index in [4.69, 9.17) is 25.5 Å². The fraction of sp³-hybridized carbons (Fsp3) is 0.278. The number of aromatic nitrogens is 2. The molecule has 1 atom stereocenters. The van der Waals surface area contributed by atoms with Crippen LogP contribution in [0.5, 0.6) is 5.75 Å². The lowest BCUT2D eigenvalue weighted by Crippen LogP contribution is -2.23. The quantitative estimate of drug-likeness (QED) is 0.648. The highest BCUT2D eigenvalue weighted by molar-refractivity contribution is 6.29. The van der Waals surface area contributed by atoms with Gasteiger partial charge in [-0.3, -0.25) is 0 Å². The van der Waals surface area contributed by atoms with Gasteiger partial charge in [0, 0.05) is 12.4 Å². The van der Waals surface area contributed by atoms with Crippen LogP contribution in [0.3, 0.4) is 0 Å². The van der Waals surface area contributed by atoms with Gasteiger partial charge in [0.2, 0.25) is 5.28 Å². The molecule has 1 saturated heterocycles. The first-order valence-corrected chi connectivity index (χ1v) is 8.75. The molecule has 0 aliphatic carbocycles. The molecule has 0 bridgehead atoms. The second kappa shape index (κ2) is 7.32. The van der Waals surface area contributed by atoms with Gasteiger partial charge < -0.3 is 24.1 Å². The van der Waals surface area contributed by atoms with Crippen molar-refractivity contribution in [1.82, 2.24) is 14.9 Å². The topological polar surface area (TPSA) is 89.7 Å². The summed E-state index contributed by atoms with van der Waals surface area (Å²) in [7, 11) is 1.68. The number of para-hydroxylation sites is 1. The van der Waals surface area contributed by atoms with Crippen molar-refractivity contribution in [2.24, 2.45) is 0 Å². The Morgan fingerprint density at radius 3 is 2.96 bits per heavy atom. The van der Waals surface area contributed by atoms with Crippen molar-refractivity contribution in [3.8, 4) is 5.75 Å². The van der Waals surface area contributed by atoms with Gasteiger partial charge in [-0.05, 0) is 35.9 Å². The van der Waals surface area contributed by atoms with Crippen LogP contribution in [0.1, 0.15) is 5.76 Å². The van der Waals surface area contributed by atoms with Crippen LogP contribution in [-0.4, -0.2) is 47.3 Å². The number of furan rings is 1. The van der Waals surface area contributed by atoms with Gasteiger partial charge in [-0.25, -0.2) is 14.8 Å². The summed E-state index contributed by atoms with van der Waals surface area (Å²) in [5.41, 5.74) is 0.581. The Morgan fingerprint density at radius 1 is 1.33 bits per heavy atom. The van der Waals surface area contributed by atoms with E-state index < -0.39 is 0 Å². The van der Waals surface area contributed by atoms with E-state index in [0.29, 0.717) is 30.2 Å². The van der Waals surface area contributed by atoms with Crippen LogP contribution in [0.15, 0.2) is 41.0 Å². The number of likely N-dealkylation sites (N-methyl/N-ethyl adjacent to an activating group) is 1. The molecule has 1 amide bonds. The Bertz CT molecular complexity index is 963. The standard InChI is InChI=1S/C18H17ClN4O4/c1-23-9-12(27-18(23)24)10-26-14-6-2-5-13-15(14)21-17(19)22-16(13)20-8-11-4-3-7-25-11/h2-7,12H,8-10H2,1H3,(H,20,21,22). The number of benzene rings is 1. The first-order chi connectivity index (χ1) is 13.1. The van der Waals surface area contributed by atoms with Crippen LogP contribution in [-0.2, 0) is 11.3 Å². The number of rotatable bonds is 6. The Balaban J connectivity index is 1.56. The van der Waals surface area contributed by atoms with Gasteiger partial charge in [0.15, 0.2) is 6.10 Å². The summed E-state index contributed by atoms with van der Waals surface area (Å²) < 4.78 is 16.4. The number of hydrogen-bond acceptors (Lipinski definition) is 7. The lowest BCUT2D eigenvalue weighted by Gasteiger charge is -2.14. The van der Waals surface area contributed by atoms with Gasteiger partial charge in [0.25, 0.3) is 0 Å². The molecule has 9 heteroatoms.